The van der Waals surface area contributed by atoms with Crippen LogP contribution in [0.3, 0.4) is 0 Å². The molecule has 238 valence electrons. The Hall–Kier alpha value is -4.48. The number of rotatable bonds is 5. The quantitative estimate of drug-likeness (QED) is 0.246. The normalized spacial score (nSPS) is 28.0. The van der Waals surface area contributed by atoms with Gasteiger partial charge in [-0.3, -0.25) is 24.1 Å². The zero-order valence-electron chi connectivity index (χ0n) is 26.0. The molecule has 11 nitrogen and oxygen atoms in total. The second kappa shape index (κ2) is 10.8. The molecule has 5 rings (SSSR count). The van der Waals surface area contributed by atoms with Crippen molar-refractivity contribution in [3.05, 3.63) is 81.6 Å². The van der Waals surface area contributed by atoms with Gasteiger partial charge in [-0.05, 0) is 36.6 Å². The summed E-state index contributed by atoms with van der Waals surface area (Å²) < 4.78 is 6.07. The maximum Gasteiger partial charge on any atom is 0.310 e. The fourth-order valence-electron chi connectivity index (χ4n) is 7.29. The van der Waals surface area contributed by atoms with Gasteiger partial charge in [-0.15, -0.1) is 0 Å². The lowest BCUT2D eigenvalue weighted by atomic mass is 9.54. The second-order valence-electron chi connectivity index (χ2n) is 13.4. The van der Waals surface area contributed by atoms with Gasteiger partial charge in [0.25, 0.3) is 5.91 Å². The van der Waals surface area contributed by atoms with Gasteiger partial charge in [-0.25, -0.2) is 0 Å². The predicted octanol–water partition coefficient (Wildman–Crippen LogP) is 2.59. The van der Waals surface area contributed by atoms with E-state index in [1.54, 1.807) is 49.4 Å². The number of fused-ring (bicyclic) bond motifs is 3. The zero-order chi connectivity index (χ0) is 33.3. The number of esters is 1. The molecular weight excluding hydrogens is 580 g/mol. The number of nitrogens with two attached hydrogens (primary N) is 1. The van der Waals surface area contributed by atoms with Crippen molar-refractivity contribution in [1.29, 1.82) is 0 Å². The number of carbonyl (C=O) groups is 4. The highest BCUT2D eigenvalue weighted by Gasteiger charge is 2.69. The highest BCUT2D eigenvalue weighted by molar-refractivity contribution is 6.24. The van der Waals surface area contributed by atoms with Crippen molar-refractivity contribution in [3.8, 4) is 5.75 Å². The van der Waals surface area contributed by atoms with Gasteiger partial charge in [-0.2, -0.15) is 0 Å². The van der Waals surface area contributed by atoms with Gasteiger partial charge in [-0.1, -0.05) is 70.2 Å². The molecule has 3 unspecified atom stereocenters. The van der Waals surface area contributed by atoms with E-state index < -0.39 is 87.0 Å². The van der Waals surface area contributed by atoms with Crippen LogP contribution in [0.25, 0.3) is 5.76 Å². The highest BCUT2D eigenvalue weighted by Crippen LogP contribution is 2.57. The number of primary amides is 1. The van der Waals surface area contributed by atoms with Gasteiger partial charge in [0.05, 0.1) is 23.9 Å². The number of carbonyl (C=O) groups excluding carboxylic acids is 4. The summed E-state index contributed by atoms with van der Waals surface area (Å²) in [5, 5.41) is 46.8. The summed E-state index contributed by atoms with van der Waals surface area (Å²) in [6, 6.07) is 10.7. The number of aliphatic hydroxyl groups excluding tert-OH is 2. The molecule has 6 N–H and O–H groups in total. The van der Waals surface area contributed by atoms with Crippen LogP contribution in [-0.4, -0.2) is 80.6 Å². The van der Waals surface area contributed by atoms with E-state index in [4.69, 9.17) is 10.5 Å². The van der Waals surface area contributed by atoms with Gasteiger partial charge in [0.1, 0.15) is 28.9 Å². The van der Waals surface area contributed by atoms with Crippen LogP contribution in [0, 0.1) is 11.8 Å². The molecule has 6 atom stereocenters. The average molecular weight is 619 g/mol. The van der Waals surface area contributed by atoms with Crippen molar-refractivity contribution in [1.82, 2.24) is 4.90 Å². The summed E-state index contributed by atoms with van der Waals surface area (Å²) >= 11 is 0. The monoisotopic (exact) mass is 618 g/mol. The number of phenolic OH excluding ortho intramolecular Hbond substituents is 1. The van der Waals surface area contributed by atoms with Crippen LogP contribution in [0.5, 0.6) is 5.75 Å². The molecule has 2 aromatic rings. The summed E-state index contributed by atoms with van der Waals surface area (Å²) in [6.07, 6.45) is -1.66. The number of benzene rings is 2. The van der Waals surface area contributed by atoms with Gasteiger partial charge in [0, 0.05) is 17.1 Å². The summed E-state index contributed by atoms with van der Waals surface area (Å²) in [5.41, 5.74) is 2.06. The molecule has 11 heteroatoms. The fourth-order valence-corrected chi connectivity index (χ4v) is 7.29. The van der Waals surface area contributed by atoms with Crippen molar-refractivity contribution in [2.75, 3.05) is 14.1 Å². The molecule has 0 bridgehead atoms. The number of aromatic hydroxyl groups is 1. The van der Waals surface area contributed by atoms with Crippen LogP contribution >= 0.6 is 0 Å². The van der Waals surface area contributed by atoms with Gasteiger partial charge < -0.3 is 30.9 Å². The Morgan fingerprint density at radius 2 is 1.64 bits per heavy atom. The Balaban J connectivity index is 1.80. The Bertz CT molecular complexity index is 1680. The van der Waals surface area contributed by atoms with Crippen LogP contribution in [0.15, 0.2) is 59.4 Å². The summed E-state index contributed by atoms with van der Waals surface area (Å²) in [7, 11) is 2.96. The second-order valence-corrected chi connectivity index (χ2v) is 13.4. The van der Waals surface area contributed by atoms with E-state index in [-0.39, 0.29) is 17.7 Å². The first-order valence-corrected chi connectivity index (χ1v) is 14.7. The third-order valence-electron chi connectivity index (χ3n) is 9.37. The third-order valence-corrected chi connectivity index (χ3v) is 9.37. The largest absolute Gasteiger partial charge is 0.508 e. The Morgan fingerprint density at radius 3 is 2.20 bits per heavy atom. The lowest BCUT2D eigenvalue weighted by Gasteiger charge is -2.54. The maximum absolute atomic E-state index is 14.5. The van der Waals surface area contributed by atoms with Crippen molar-refractivity contribution < 1.29 is 44.3 Å². The number of ether oxygens (including phenoxy) is 1. The van der Waals surface area contributed by atoms with Gasteiger partial charge in [0.15, 0.2) is 11.4 Å². The van der Waals surface area contributed by atoms with Crippen molar-refractivity contribution in [2.45, 2.75) is 63.2 Å². The number of phenols is 1. The molecule has 0 saturated heterocycles. The predicted molar refractivity (Wildman–Crippen MR) is 163 cm³/mol. The number of ketones is 2. The summed E-state index contributed by atoms with van der Waals surface area (Å²) in [4.78, 5) is 55.5. The molecule has 0 aliphatic heterocycles. The lowest BCUT2D eigenvalue weighted by molar-refractivity contribution is -0.185. The van der Waals surface area contributed by atoms with Gasteiger partial charge in [0.2, 0.25) is 5.78 Å². The van der Waals surface area contributed by atoms with E-state index in [0.717, 1.165) is 0 Å². The van der Waals surface area contributed by atoms with Crippen LogP contribution in [0.2, 0.25) is 0 Å². The number of Topliss-reactive ketones (excluding diaryl/α,β-unsaturated/α-hetero) is 2. The van der Waals surface area contributed by atoms with E-state index >= 15 is 0 Å². The highest BCUT2D eigenvalue weighted by atomic mass is 16.5. The Morgan fingerprint density at radius 1 is 1.02 bits per heavy atom. The lowest BCUT2D eigenvalue weighted by Crippen LogP contribution is -2.71. The number of amides is 1. The third kappa shape index (κ3) is 4.72. The topological polar surface area (TPSA) is 188 Å². The molecule has 0 radical (unpaired) electrons. The molecular formula is C34H38N2O9. The van der Waals surface area contributed by atoms with Crippen LogP contribution in [0.4, 0.5) is 0 Å². The molecule has 0 spiro atoms. The standard InChI is InChI=1S/C34H38N2O9/c1-15-17-12-13-18(33(2,3)4)26(38)21(17)27(39)22-20(15)29(45-19(37)14-16-10-8-7-9-11-16)24-25(36(5)6)28(40)23(32(35)43)31(42)34(24,44)30(22)41/h7-13,15,20,24-25,29,38-39,42,44H,14H2,1-6H3,(H2,35,43)/t15-,20?,24?,25-,29?,34-/m0/s1. The molecule has 3 aliphatic carbocycles. The van der Waals surface area contributed by atoms with Crippen molar-refractivity contribution in [3.63, 3.8) is 0 Å². The fraction of sp³-hybridized carbons (Fsp3) is 0.412. The minimum Gasteiger partial charge on any atom is -0.508 e. The van der Waals surface area contributed by atoms with E-state index in [1.807, 2.05) is 20.8 Å². The number of hydrogen-bond donors (Lipinski definition) is 5. The SMILES string of the molecule is C[C@H]1c2ccc(C(C)(C)C)c(O)c2C(O)=C2C(=O)[C@]3(O)C(O)=C(C(N)=O)C(=O)[C@@H](N(C)C)C3C(OC(=O)Cc3ccccc3)C21. The van der Waals surface area contributed by atoms with Gasteiger partial charge >= 0.3 is 5.97 Å². The average Bonchev–Trinajstić information content (AvgIpc) is 2.94. The summed E-state index contributed by atoms with van der Waals surface area (Å²) in [6.45, 7) is 7.32. The smallest absolute Gasteiger partial charge is 0.310 e. The van der Waals surface area contributed by atoms with Crippen LogP contribution in [-0.2, 0) is 35.8 Å². The molecule has 1 saturated carbocycles. The minimum absolute atomic E-state index is 0.0272. The van der Waals surface area contributed by atoms with E-state index in [0.29, 0.717) is 16.7 Å². The first kappa shape index (κ1) is 31.9. The van der Waals surface area contributed by atoms with E-state index in [9.17, 15) is 39.6 Å². The molecule has 0 aromatic heterocycles. The molecule has 0 heterocycles. The minimum atomic E-state index is -3.00. The first-order chi connectivity index (χ1) is 20.9. The maximum atomic E-state index is 14.5. The molecule has 2 aromatic carbocycles. The zero-order valence-corrected chi connectivity index (χ0v) is 26.0. The molecule has 1 amide bonds. The van der Waals surface area contributed by atoms with Crippen molar-refractivity contribution >= 4 is 29.2 Å². The van der Waals surface area contributed by atoms with Crippen molar-refractivity contribution in [2.24, 2.45) is 17.6 Å². The van der Waals surface area contributed by atoms with Crippen LogP contribution < -0.4 is 5.73 Å². The Labute approximate surface area is 260 Å². The molecule has 1 fully saturated rings. The number of aliphatic hydroxyl groups is 3. The summed E-state index contributed by atoms with van der Waals surface area (Å²) in [5.74, 6) is -9.89. The Kier molecular flexibility index (Phi) is 7.70. The number of likely N-dealkylation sites (N-methyl/N-ethyl adjacent to an activating group) is 1. The van der Waals surface area contributed by atoms with Crippen LogP contribution in [0.1, 0.15) is 55.9 Å². The van der Waals surface area contributed by atoms with E-state index in [1.165, 1.54) is 19.0 Å². The van der Waals surface area contributed by atoms with E-state index in [2.05, 4.69) is 0 Å². The first-order valence-electron chi connectivity index (χ1n) is 14.7. The molecule has 45 heavy (non-hydrogen) atoms. The number of hydrogen-bond acceptors (Lipinski definition) is 10. The number of nitrogens with zero attached hydrogens (tertiary/aromatic N) is 1. The molecule has 3 aliphatic rings.